The lowest BCUT2D eigenvalue weighted by molar-refractivity contribution is 0.414. The van der Waals surface area contributed by atoms with Gasteiger partial charge in [-0.3, -0.25) is 0 Å². The summed E-state index contributed by atoms with van der Waals surface area (Å²) in [6.45, 7) is 0. The topological polar surface area (TPSA) is 67.0 Å². The Kier molecular flexibility index (Phi) is 4.47. The third-order valence-corrected chi connectivity index (χ3v) is 4.44. The van der Waals surface area contributed by atoms with E-state index in [1.54, 1.807) is 7.11 Å². The van der Waals surface area contributed by atoms with E-state index in [9.17, 15) is 5.26 Å². The van der Waals surface area contributed by atoms with Crippen molar-refractivity contribution in [1.82, 2.24) is 15.0 Å². The predicted molar refractivity (Wildman–Crippen MR) is 87.9 cm³/mol. The molecule has 1 aliphatic rings. The monoisotopic (exact) mass is 311 g/mol. The van der Waals surface area contributed by atoms with E-state index in [1.165, 1.54) is 24.1 Å². The van der Waals surface area contributed by atoms with Gasteiger partial charge in [-0.25, -0.2) is 0 Å². The van der Waals surface area contributed by atoms with E-state index in [1.807, 2.05) is 31.3 Å². The van der Waals surface area contributed by atoms with E-state index in [4.69, 9.17) is 4.74 Å². The van der Waals surface area contributed by atoms with E-state index in [0.29, 0.717) is 17.6 Å². The first-order valence-corrected chi connectivity index (χ1v) is 7.97. The minimum absolute atomic E-state index is 0.362. The lowest BCUT2D eigenvalue weighted by Crippen LogP contribution is -2.34. The van der Waals surface area contributed by atoms with Crippen LogP contribution in [0.1, 0.15) is 37.8 Å². The average Bonchev–Trinajstić information content (AvgIpc) is 3.06. The lowest BCUT2D eigenvalue weighted by Gasteiger charge is -2.31. The van der Waals surface area contributed by atoms with Gasteiger partial charge < -0.3 is 9.64 Å². The van der Waals surface area contributed by atoms with Crippen molar-refractivity contribution in [3.63, 3.8) is 0 Å². The van der Waals surface area contributed by atoms with Crippen LogP contribution in [0, 0.1) is 11.3 Å². The molecule has 1 aliphatic carbocycles. The van der Waals surface area contributed by atoms with Crippen LogP contribution in [0.25, 0.3) is 5.69 Å². The van der Waals surface area contributed by atoms with Gasteiger partial charge in [0.25, 0.3) is 0 Å². The van der Waals surface area contributed by atoms with Crippen LogP contribution in [-0.4, -0.2) is 35.2 Å². The fourth-order valence-corrected chi connectivity index (χ4v) is 3.10. The summed E-state index contributed by atoms with van der Waals surface area (Å²) in [7, 11) is 3.63. The average molecular weight is 311 g/mol. The van der Waals surface area contributed by atoms with Gasteiger partial charge in [0.1, 0.15) is 11.8 Å². The summed E-state index contributed by atoms with van der Waals surface area (Å²) in [6, 6.07) is 10.1. The largest absolute Gasteiger partial charge is 0.497 e. The minimum Gasteiger partial charge on any atom is -0.497 e. The van der Waals surface area contributed by atoms with E-state index < -0.39 is 0 Å². The number of hydrogen-bond acceptors (Lipinski definition) is 5. The number of hydrogen-bond donors (Lipinski definition) is 0. The second-order valence-corrected chi connectivity index (χ2v) is 5.88. The summed E-state index contributed by atoms with van der Waals surface area (Å²) in [5.74, 6) is 1.39. The molecule has 0 saturated heterocycles. The van der Waals surface area contributed by atoms with Gasteiger partial charge in [0.15, 0.2) is 5.82 Å². The Bertz CT molecular complexity index is 712. The summed E-state index contributed by atoms with van der Waals surface area (Å²) >= 11 is 0. The van der Waals surface area contributed by atoms with Crippen molar-refractivity contribution in [3.8, 4) is 17.5 Å². The molecule has 0 N–H and O–H groups in total. The molecule has 1 fully saturated rings. The zero-order chi connectivity index (χ0) is 16.2. The first-order valence-electron chi connectivity index (χ1n) is 7.97. The Morgan fingerprint density at radius 2 is 2.04 bits per heavy atom. The summed E-state index contributed by atoms with van der Waals surface area (Å²) in [5.41, 5.74) is 1.14. The molecule has 6 heteroatoms. The molecular weight excluding hydrogens is 290 g/mol. The smallest absolute Gasteiger partial charge is 0.207 e. The number of ether oxygens (including phenoxy) is 1. The van der Waals surface area contributed by atoms with Gasteiger partial charge >= 0.3 is 0 Å². The highest BCUT2D eigenvalue weighted by Crippen LogP contribution is 2.27. The molecule has 6 nitrogen and oxygen atoms in total. The molecule has 3 rings (SSSR count). The van der Waals surface area contributed by atoms with Crippen LogP contribution >= 0.6 is 0 Å². The SMILES string of the molecule is COc1cccc(-n2nc(C#N)c(N(C)C3CCCCC3)n2)c1. The fourth-order valence-electron chi connectivity index (χ4n) is 3.10. The molecule has 1 saturated carbocycles. The summed E-state index contributed by atoms with van der Waals surface area (Å²) in [6.07, 6.45) is 6.06. The van der Waals surface area contributed by atoms with Gasteiger partial charge in [0, 0.05) is 19.2 Å². The number of benzene rings is 1. The summed E-state index contributed by atoms with van der Waals surface area (Å²) in [5, 5.41) is 18.3. The molecule has 0 atom stereocenters. The van der Waals surface area contributed by atoms with Crippen molar-refractivity contribution in [2.45, 2.75) is 38.1 Å². The highest BCUT2D eigenvalue weighted by Gasteiger charge is 2.24. The molecule has 0 amide bonds. The first-order chi connectivity index (χ1) is 11.2. The number of rotatable bonds is 4. The number of nitrogens with zero attached hydrogens (tertiary/aromatic N) is 5. The Morgan fingerprint density at radius 3 is 2.74 bits per heavy atom. The highest BCUT2D eigenvalue weighted by molar-refractivity contribution is 5.51. The number of aromatic nitrogens is 3. The van der Waals surface area contributed by atoms with Crippen molar-refractivity contribution >= 4 is 5.82 Å². The van der Waals surface area contributed by atoms with Crippen molar-refractivity contribution in [3.05, 3.63) is 30.0 Å². The second kappa shape index (κ2) is 6.69. The van der Waals surface area contributed by atoms with E-state index in [-0.39, 0.29) is 0 Å². The standard InChI is InChI=1S/C17H21N5O/c1-21(13-7-4-3-5-8-13)17-16(12-18)19-22(20-17)14-9-6-10-15(11-14)23-2/h6,9-11,13H,3-5,7-8H2,1-2H3. The molecule has 23 heavy (non-hydrogen) atoms. The molecule has 2 aromatic rings. The van der Waals surface area contributed by atoms with E-state index in [0.717, 1.165) is 24.3 Å². The van der Waals surface area contributed by atoms with Crippen molar-refractivity contribution in [2.75, 3.05) is 19.1 Å². The van der Waals surface area contributed by atoms with Crippen molar-refractivity contribution in [2.24, 2.45) is 0 Å². The zero-order valence-corrected chi connectivity index (χ0v) is 13.6. The lowest BCUT2D eigenvalue weighted by atomic mass is 9.94. The predicted octanol–water partition coefficient (Wildman–Crippen LogP) is 2.92. The van der Waals surface area contributed by atoms with Gasteiger partial charge in [-0.15, -0.1) is 15.0 Å². The van der Waals surface area contributed by atoms with Gasteiger partial charge in [0.05, 0.1) is 12.8 Å². The fraction of sp³-hybridized carbons (Fsp3) is 0.471. The normalized spacial score (nSPS) is 15.2. The Morgan fingerprint density at radius 1 is 1.26 bits per heavy atom. The zero-order valence-electron chi connectivity index (χ0n) is 13.6. The quantitative estimate of drug-likeness (QED) is 0.868. The second-order valence-electron chi connectivity index (χ2n) is 5.88. The molecule has 0 bridgehead atoms. The molecule has 120 valence electrons. The third kappa shape index (κ3) is 3.14. The van der Waals surface area contributed by atoms with Crippen molar-refractivity contribution < 1.29 is 4.74 Å². The molecule has 1 heterocycles. The van der Waals surface area contributed by atoms with Crippen LogP contribution in [-0.2, 0) is 0 Å². The summed E-state index contributed by atoms with van der Waals surface area (Å²) in [4.78, 5) is 3.62. The molecular formula is C17H21N5O. The molecule has 1 aromatic heterocycles. The maximum Gasteiger partial charge on any atom is 0.207 e. The van der Waals surface area contributed by atoms with Crippen molar-refractivity contribution in [1.29, 1.82) is 5.26 Å². The highest BCUT2D eigenvalue weighted by atomic mass is 16.5. The van der Waals surface area contributed by atoms with Crippen LogP contribution in [0.5, 0.6) is 5.75 Å². The number of nitriles is 1. The van der Waals surface area contributed by atoms with Gasteiger partial charge in [0.2, 0.25) is 5.69 Å². The van der Waals surface area contributed by atoms with E-state index >= 15 is 0 Å². The van der Waals surface area contributed by atoms with Crippen LogP contribution in [0.15, 0.2) is 24.3 Å². The van der Waals surface area contributed by atoms with Crippen LogP contribution in [0.3, 0.4) is 0 Å². The number of anilines is 1. The van der Waals surface area contributed by atoms with Crippen LogP contribution in [0.2, 0.25) is 0 Å². The Labute approximate surface area is 136 Å². The van der Waals surface area contributed by atoms with Crippen LogP contribution in [0.4, 0.5) is 5.82 Å². The Balaban J connectivity index is 1.92. The minimum atomic E-state index is 0.362. The molecule has 0 unspecified atom stereocenters. The van der Waals surface area contributed by atoms with Gasteiger partial charge in [-0.2, -0.15) is 5.26 Å². The molecule has 0 aliphatic heterocycles. The maximum absolute atomic E-state index is 9.41. The molecule has 0 radical (unpaired) electrons. The first kappa shape index (κ1) is 15.3. The Hall–Kier alpha value is -2.55. The molecule has 0 spiro atoms. The maximum atomic E-state index is 9.41. The number of methoxy groups -OCH3 is 1. The van der Waals surface area contributed by atoms with Gasteiger partial charge in [-0.1, -0.05) is 25.3 Å². The molecule has 1 aromatic carbocycles. The van der Waals surface area contributed by atoms with Crippen LogP contribution < -0.4 is 9.64 Å². The van der Waals surface area contributed by atoms with E-state index in [2.05, 4.69) is 21.2 Å². The summed E-state index contributed by atoms with van der Waals surface area (Å²) < 4.78 is 5.24. The third-order valence-electron chi connectivity index (χ3n) is 4.44. The van der Waals surface area contributed by atoms with Gasteiger partial charge in [-0.05, 0) is 25.0 Å².